The second-order valence-electron chi connectivity index (χ2n) is 8.02. The van der Waals surface area contributed by atoms with Gasteiger partial charge in [0.1, 0.15) is 0 Å². The molecule has 0 unspecified atom stereocenters. The number of thioether (sulfide) groups is 1. The average Bonchev–Trinajstić information content (AvgIpc) is 2.58. The third kappa shape index (κ3) is 3.77. The van der Waals surface area contributed by atoms with Gasteiger partial charge in [-0.05, 0) is 86.8 Å². The van der Waals surface area contributed by atoms with Crippen LogP contribution in [0.4, 0.5) is 0 Å². The van der Waals surface area contributed by atoms with Gasteiger partial charge in [0.2, 0.25) is 10.0 Å². The number of hydrogen-bond acceptors (Lipinski definition) is 4. The molecule has 4 aliphatic carbocycles. The molecule has 0 radical (unpaired) electrons. The van der Waals surface area contributed by atoms with Crippen LogP contribution in [0.5, 0.6) is 0 Å². The molecule has 0 heterocycles. The number of nitrogens with one attached hydrogen (secondary N) is 1. The Hall–Kier alpha value is -0.560. The number of benzene rings is 1. The molecule has 4 saturated carbocycles. The van der Waals surface area contributed by atoms with Crippen molar-refractivity contribution in [1.82, 2.24) is 4.72 Å². The molecule has 0 saturated heterocycles. The normalized spacial score (nSPS) is 33.7. The van der Waals surface area contributed by atoms with Crippen LogP contribution < -0.4 is 4.72 Å². The molecule has 0 spiro atoms. The van der Waals surface area contributed by atoms with E-state index in [1.54, 1.807) is 23.9 Å². The Balaban J connectivity index is 1.30. The lowest BCUT2D eigenvalue weighted by Gasteiger charge is -2.56. The molecule has 4 fully saturated rings. The molecular weight excluding hydrogens is 354 g/mol. The Kier molecular flexibility index (Phi) is 4.90. The fourth-order valence-electron chi connectivity index (χ4n) is 5.49. The van der Waals surface area contributed by atoms with E-state index in [4.69, 9.17) is 4.74 Å². The van der Waals surface area contributed by atoms with E-state index in [1.165, 1.54) is 38.5 Å². The fourth-order valence-corrected chi connectivity index (χ4v) is 6.91. The summed E-state index contributed by atoms with van der Waals surface area (Å²) in [6.45, 7) is 0.808. The second-order valence-corrected chi connectivity index (χ2v) is 10.7. The van der Waals surface area contributed by atoms with E-state index in [0.29, 0.717) is 18.0 Å². The smallest absolute Gasteiger partial charge is 0.240 e. The largest absolute Gasteiger partial charge is 0.374 e. The Labute approximate surface area is 155 Å². The first-order valence-electron chi connectivity index (χ1n) is 9.26. The summed E-state index contributed by atoms with van der Waals surface area (Å²) in [5, 5.41) is 0. The van der Waals surface area contributed by atoms with E-state index in [9.17, 15) is 8.42 Å². The molecule has 5 rings (SSSR count). The highest BCUT2D eigenvalue weighted by atomic mass is 32.2. The van der Waals surface area contributed by atoms with Crippen molar-refractivity contribution in [3.8, 4) is 0 Å². The Bertz CT molecular complexity index is 679. The molecular formula is C19H27NO3S2. The summed E-state index contributed by atoms with van der Waals surface area (Å²) in [5.74, 6) is 2.54. The van der Waals surface area contributed by atoms with Crippen LogP contribution in [-0.4, -0.2) is 33.4 Å². The summed E-state index contributed by atoms with van der Waals surface area (Å²) >= 11 is 1.60. The first-order valence-corrected chi connectivity index (χ1v) is 12.0. The van der Waals surface area contributed by atoms with Crippen molar-refractivity contribution < 1.29 is 13.2 Å². The van der Waals surface area contributed by atoms with E-state index in [2.05, 4.69) is 4.72 Å². The average molecular weight is 382 g/mol. The summed E-state index contributed by atoms with van der Waals surface area (Å²) in [7, 11) is -3.45. The molecule has 25 heavy (non-hydrogen) atoms. The molecule has 1 aromatic carbocycles. The van der Waals surface area contributed by atoms with Crippen LogP contribution in [0.15, 0.2) is 34.1 Å². The van der Waals surface area contributed by atoms with Crippen LogP contribution in [0.3, 0.4) is 0 Å². The lowest BCUT2D eigenvalue weighted by atomic mass is 9.54. The minimum atomic E-state index is -3.45. The number of rotatable bonds is 7. The lowest BCUT2D eigenvalue weighted by molar-refractivity contribution is -0.160. The minimum Gasteiger partial charge on any atom is -0.374 e. The van der Waals surface area contributed by atoms with Gasteiger partial charge in [-0.1, -0.05) is 0 Å². The van der Waals surface area contributed by atoms with E-state index >= 15 is 0 Å². The van der Waals surface area contributed by atoms with Crippen molar-refractivity contribution in [3.63, 3.8) is 0 Å². The minimum absolute atomic E-state index is 0.0419. The standard InChI is InChI=1S/C19H27NO3S2/c1-24-17-2-4-18(5-3-17)25(21,22)20-6-7-23-19-11-14-8-15(12-19)10-16(9-14)13-19/h2-5,14-16,20H,6-13H2,1H3. The van der Waals surface area contributed by atoms with Gasteiger partial charge in [0.15, 0.2) is 0 Å². The maximum atomic E-state index is 12.4. The van der Waals surface area contributed by atoms with Crippen molar-refractivity contribution in [2.75, 3.05) is 19.4 Å². The van der Waals surface area contributed by atoms with Gasteiger partial charge in [0, 0.05) is 11.4 Å². The molecule has 4 bridgehead atoms. The fraction of sp³-hybridized carbons (Fsp3) is 0.684. The topological polar surface area (TPSA) is 55.4 Å². The molecule has 4 aliphatic rings. The zero-order chi connectivity index (χ0) is 17.5. The quantitative estimate of drug-likeness (QED) is 0.578. The molecule has 0 aliphatic heterocycles. The summed E-state index contributed by atoms with van der Waals surface area (Å²) in [5.41, 5.74) is 0.0419. The van der Waals surface area contributed by atoms with E-state index in [1.807, 2.05) is 18.4 Å². The lowest BCUT2D eigenvalue weighted by Crippen LogP contribution is -2.52. The van der Waals surface area contributed by atoms with Crippen LogP contribution in [-0.2, 0) is 14.8 Å². The second kappa shape index (κ2) is 6.87. The van der Waals surface area contributed by atoms with Gasteiger partial charge in [0.05, 0.1) is 17.1 Å². The van der Waals surface area contributed by atoms with Gasteiger partial charge >= 0.3 is 0 Å². The Morgan fingerprint density at radius 1 is 1.08 bits per heavy atom. The molecule has 0 atom stereocenters. The zero-order valence-corrected chi connectivity index (χ0v) is 16.4. The van der Waals surface area contributed by atoms with Gasteiger partial charge in [0.25, 0.3) is 0 Å². The van der Waals surface area contributed by atoms with Crippen LogP contribution in [0, 0.1) is 17.8 Å². The van der Waals surface area contributed by atoms with Crippen LogP contribution in [0.1, 0.15) is 38.5 Å². The third-order valence-electron chi connectivity index (χ3n) is 6.15. The number of sulfonamides is 1. The van der Waals surface area contributed by atoms with Crippen LogP contribution in [0.25, 0.3) is 0 Å². The first kappa shape index (κ1) is 17.8. The molecule has 138 valence electrons. The Morgan fingerprint density at radius 3 is 2.16 bits per heavy atom. The van der Waals surface area contributed by atoms with Crippen molar-refractivity contribution in [2.45, 2.75) is 53.9 Å². The molecule has 1 N–H and O–H groups in total. The Morgan fingerprint density at radius 2 is 1.64 bits per heavy atom. The van der Waals surface area contributed by atoms with Gasteiger partial charge in [-0.15, -0.1) is 11.8 Å². The maximum absolute atomic E-state index is 12.4. The monoisotopic (exact) mass is 381 g/mol. The predicted molar refractivity (Wildman–Crippen MR) is 100 cm³/mol. The highest BCUT2D eigenvalue weighted by Gasteiger charge is 2.51. The predicted octanol–water partition coefficient (Wildman–Crippen LogP) is 3.67. The van der Waals surface area contributed by atoms with Gasteiger partial charge in [-0.3, -0.25) is 0 Å². The molecule has 1 aromatic rings. The van der Waals surface area contributed by atoms with Crippen LogP contribution in [0.2, 0.25) is 0 Å². The summed E-state index contributed by atoms with van der Waals surface area (Å²) in [6, 6.07) is 7.00. The van der Waals surface area contributed by atoms with E-state index in [-0.39, 0.29) is 5.60 Å². The third-order valence-corrected chi connectivity index (χ3v) is 8.37. The molecule has 0 amide bonds. The van der Waals surface area contributed by atoms with Gasteiger partial charge in [-0.25, -0.2) is 13.1 Å². The summed E-state index contributed by atoms with van der Waals surface area (Å²) in [4.78, 5) is 1.38. The zero-order valence-electron chi connectivity index (χ0n) is 14.7. The maximum Gasteiger partial charge on any atom is 0.240 e. The molecule has 6 heteroatoms. The van der Waals surface area contributed by atoms with Crippen molar-refractivity contribution in [2.24, 2.45) is 17.8 Å². The SMILES string of the molecule is CSc1ccc(S(=O)(=O)NCCOC23CC4CC(CC(C4)C2)C3)cc1. The van der Waals surface area contributed by atoms with Crippen molar-refractivity contribution in [1.29, 1.82) is 0 Å². The summed E-state index contributed by atoms with van der Waals surface area (Å²) < 4.78 is 33.7. The van der Waals surface area contributed by atoms with E-state index < -0.39 is 10.0 Å². The van der Waals surface area contributed by atoms with Gasteiger partial charge in [-0.2, -0.15) is 0 Å². The van der Waals surface area contributed by atoms with Crippen molar-refractivity contribution >= 4 is 21.8 Å². The van der Waals surface area contributed by atoms with Crippen molar-refractivity contribution in [3.05, 3.63) is 24.3 Å². The highest BCUT2D eigenvalue weighted by molar-refractivity contribution is 7.98. The molecule has 4 nitrogen and oxygen atoms in total. The van der Waals surface area contributed by atoms with Crippen LogP contribution >= 0.6 is 11.8 Å². The number of ether oxygens (including phenoxy) is 1. The molecule has 0 aromatic heterocycles. The highest BCUT2D eigenvalue weighted by Crippen LogP contribution is 2.57. The summed E-state index contributed by atoms with van der Waals surface area (Å²) in [6.07, 6.45) is 9.69. The van der Waals surface area contributed by atoms with Gasteiger partial charge < -0.3 is 4.74 Å². The first-order chi connectivity index (χ1) is 12.0. The number of hydrogen-bond donors (Lipinski definition) is 1. The van der Waals surface area contributed by atoms with E-state index in [0.717, 1.165) is 22.6 Å².